The molecule has 3 aliphatic rings. The maximum atomic E-state index is 12.7. The summed E-state index contributed by atoms with van der Waals surface area (Å²) in [5.41, 5.74) is 22.3. The molecule has 17 heteroatoms. The Hall–Kier alpha value is -1.64. The lowest BCUT2D eigenvalue weighted by Gasteiger charge is -2.48. The van der Waals surface area contributed by atoms with Gasteiger partial charge in [0.05, 0.1) is 37.4 Å². The molecule has 0 aromatic carbocycles. The van der Waals surface area contributed by atoms with E-state index in [1.54, 1.807) is 7.05 Å². The summed E-state index contributed by atoms with van der Waals surface area (Å²) >= 11 is 0. The van der Waals surface area contributed by atoms with Gasteiger partial charge in [0.15, 0.2) is 18.4 Å². The second kappa shape index (κ2) is 14.2. The van der Waals surface area contributed by atoms with Crippen molar-refractivity contribution in [1.29, 1.82) is 0 Å². The number of halogens is 2. The maximum Gasteiger partial charge on any atom is 0.294 e. The van der Waals surface area contributed by atoms with Gasteiger partial charge < -0.3 is 67.6 Å². The molecule has 238 valence electrons. The SMILES string of the molecule is CNC1C(O)C(OC2C(N=C(N)C(C)O)CC(N)C(OC3OC(CN=C(N)C(F)F)CCC3N)C2O)OCC1(C)O. The molecule has 3 rings (SSSR count). The number of hydrogen-bond donors (Lipinski definition) is 9. The molecule has 0 aromatic rings. The number of ether oxygens (including phenoxy) is 4. The van der Waals surface area contributed by atoms with Gasteiger partial charge in [-0.3, -0.25) is 9.98 Å². The number of aliphatic hydroxyl groups excluding tert-OH is 3. The van der Waals surface area contributed by atoms with Gasteiger partial charge in [0.2, 0.25) is 0 Å². The van der Waals surface area contributed by atoms with E-state index < -0.39 is 91.2 Å². The van der Waals surface area contributed by atoms with Gasteiger partial charge in [0.1, 0.15) is 42.0 Å². The molecule has 2 heterocycles. The lowest BCUT2D eigenvalue weighted by atomic mass is 9.83. The average Bonchev–Trinajstić information content (AvgIpc) is 2.89. The summed E-state index contributed by atoms with van der Waals surface area (Å²) < 4.78 is 49.0. The van der Waals surface area contributed by atoms with Crippen molar-refractivity contribution in [3.63, 3.8) is 0 Å². The van der Waals surface area contributed by atoms with Crippen LogP contribution in [0.2, 0.25) is 0 Å². The summed E-state index contributed by atoms with van der Waals surface area (Å²) in [6.45, 7) is 2.61. The van der Waals surface area contributed by atoms with E-state index in [9.17, 15) is 29.2 Å². The van der Waals surface area contributed by atoms with Crippen LogP contribution in [0.4, 0.5) is 8.78 Å². The van der Waals surface area contributed by atoms with Gasteiger partial charge in [0.25, 0.3) is 6.43 Å². The summed E-state index contributed by atoms with van der Waals surface area (Å²) in [5, 5.41) is 45.7. The monoisotopic (exact) mass is 597 g/mol. The Morgan fingerprint density at radius 1 is 1.07 bits per heavy atom. The molecule has 0 aromatic heterocycles. The number of likely N-dealkylation sites (N-methyl/N-ethyl adjacent to an activating group) is 1. The van der Waals surface area contributed by atoms with Crippen molar-refractivity contribution in [1.82, 2.24) is 5.32 Å². The molecule has 1 saturated carbocycles. The van der Waals surface area contributed by atoms with Crippen LogP contribution < -0.4 is 28.3 Å². The van der Waals surface area contributed by atoms with Crippen molar-refractivity contribution in [3.05, 3.63) is 0 Å². The highest BCUT2D eigenvalue weighted by atomic mass is 19.3. The highest BCUT2D eigenvalue weighted by molar-refractivity contribution is 5.84. The lowest BCUT2D eigenvalue weighted by molar-refractivity contribution is -0.306. The number of aliphatic imine (C=N–C) groups is 2. The molecular formula is C24H45F2N7O8. The zero-order valence-electron chi connectivity index (χ0n) is 23.4. The van der Waals surface area contributed by atoms with Crippen LogP contribution >= 0.6 is 0 Å². The van der Waals surface area contributed by atoms with Crippen LogP contribution in [0.5, 0.6) is 0 Å². The van der Waals surface area contributed by atoms with E-state index in [0.717, 1.165) is 0 Å². The summed E-state index contributed by atoms with van der Waals surface area (Å²) in [6, 6.07) is -3.15. The largest absolute Gasteiger partial charge is 0.388 e. The molecule has 15 nitrogen and oxygen atoms in total. The van der Waals surface area contributed by atoms with Gasteiger partial charge >= 0.3 is 0 Å². The van der Waals surface area contributed by atoms with E-state index in [0.29, 0.717) is 12.8 Å². The lowest BCUT2D eigenvalue weighted by Crippen LogP contribution is -2.67. The first-order chi connectivity index (χ1) is 19.2. The van der Waals surface area contributed by atoms with E-state index in [4.69, 9.17) is 41.9 Å². The Labute approximate surface area is 237 Å². The Kier molecular flexibility index (Phi) is 11.7. The van der Waals surface area contributed by atoms with Crippen LogP contribution in [0.1, 0.15) is 33.1 Å². The molecule has 0 bridgehead atoms. The Morgan fingerprint density at radius 3 is 2.34 bits per heavy atom. The number of nitrogens with two attached hydrogens (primary N) is 4. The van der Waals surface area contributed by atoms with Crippen molar-refractivity contribution in [3.8, 4) is 0 Å². The number of nitrogens with one attached hydrogen (secondary N) is 1. The molecule has 1 aliphatic carbocycles. The Morgan fingerprint density at radius 2 is 1.73 bits per heavy atom. The molecule has 3 fully saturated rings. The summed E-state index contributed by atoms with van der Waals surface area (Å²) in [4.78, 5) is 7.98. The van der Waals surface area contributed by atoms with Crippen molar-refractivity contribution in [2.45, 2.75) is 119 Å². The predicted molar refractivity (Wildman–Crippen MR) is 143 cm³/mol. The third-order valence-electron chi connectivity index (χ3n) is 7.65. The molecule has 13 unspecified atom stereocenters. The second-order valence-electron chi connectivity index (χ2n) is 11.1. The first-order valence-corrected chi connectivity index (χ1v) is 13.6. The zero-order valence-corrected chi connectivity index (χ0v) is 23.4. The quantitative estimate of drug-likeness (QED) is 0.0874. The van der Waals surface area contributed by atoms with Crippen molar-refractivity contribution >= 4 is 11.7 Å². The van der Waals surface area contributed by atoms with Gasteiger partial charge in [-0.25, -0.2) is 8.78 Å². The van der Waals surface area contributed by atoms with Crippen LogP contribution in [0.15, 0.2) is 9.98 Å². The van der Waals surface area contributed by atoms with Crippen LogP contribution in [0.3, 0.4) is 0 Å². The Balaban J connectivity index is 1.80. The van der Waals surface area contributed by atoms with E-state index in [1.807, 2.05) is 0 Å². The normalized spacial score (nSPS) is 43.8. The van der Waals surface area contributed by atoms with E-state index in [-0.39, 0.29) is 25.4 Å². The van der Waals surface area contributed by atoms with Crippen LogP contribution in [0, 0.1) is 0 Å². The first-order valence-electron chi connectivity index (χ1n) is 13.6. The van der Waals surface area contributed by atoms with Crippen LogP contribution in [-0.2, 0) is 18.9 Å². The fraction of sp³-hybridized carbons (Fsp3) is 0.917. The highest BCUT2D eigenvalue weighted by Gasteiger charge is 2.51. The fourth-order valence-corrected chi connectivity index (χ4v) is 5.29. The van der Waals surface area contributed by atoms with Gasteiger partial charge in [-0.1, -0.05) is 0 Å². The molecular weight excluding hydrogens is 552 g/mol. The number of nitrogens with zero attached hydrogens (tertiary/aromatic N) is 2. The number of aliphatic hydroxyl groups is 4. The second-order valence-corrected chi connectivity index (χ2v) is 11.1. The van der Waals surface area contributed by atoms with Crippen molar-refractivity contribution in [2.24, 2.45) is 32.9 Å². The van der Waals surface area contributed by atoms with Crippen LogP contribution in [0.25, 0.3) is 0 Å². The summed E-state index contributed by atoms with van der Waals surface area (Å²) in [5.74, 6) is -0.921. The molecule has 0 radical (unpaired) electrons. The van der Waals surface area contributed by atoms with E-state index >= 15 is 0 Å². The van der Waals surface area contributed by atoms with E-state index in [1.165, 1.54) is 13.8 Å². The third kappa shape index (κ3) is 8.26. The van der Waals surface area contributed by atoms with Gasteiger partial charge in [-0.15, -0.1) is 0 Å². The Bertz CT molecular complexity index is 917. The minimum absolute atomic E-state index is 0.0798. The van der Waals surface area contributed by atoms with E-state index in [2.05, 4.69) is 15.3 Å². The molecule has 2 aliphatic heterocycles. The molecule has 41 heavy (non-hydrogen) atoms. The molecule has 13 N–H and O–H groups in total. The number of rotatable bonds is 10. The summed E-state index contributed by atoms with van der Waals surface area (Å²) in [6.07, 6.45) is -11.1. The molecule has 0 amide bonds. The first kappa shape index (κ1) is 33.9. The number of amidine groups is 2. The topological polar surface area (TPSA) is 259 Å². The summed E-state index contributed by atoms with van der Waals surface area (Å²) in [7, 11) is 1.56. The van der Waals surface area contributed by atoms with Crippen LogP contribution in [-0.4, -0.2) is 138 Å². The predicted octanol–water partition coefficient (Wildman–Crippen LogP) is -3.53. The zero-order chi connectivity index (χ0) is 30.6. The van der Waals surface area contributed by atoms with Gasteiger partial charge in [-0.05, 0) is 40.2 Å². The van der Waals surface area contributed by atoms with Gasteiger partial charge in [0, 0.05) is 6.04 Å². The molecule has 0 spiro atoms. The molecule has 13 atom stereocenters. The minimum Gasteiger partial charge on any atom is -0.388 e. The number of alkyl halides is 2. The van der Waals surface area contributed by atoms with Gasteiger partial charge in [-0.2, -0.15) is 0 Å². The molecule has 2 saturated heterocycles. The maximum absolute atomic E-state index is 12.7. The fourth-order valence-electron chi connectivity index (χ4n) is 5.29. The smallest absolute Gasteiger partial charge is 0.294 e. The van der Waals surface area contributed by atoms with Crippen molar-refractivity contribution < 1.29 is 48.2 Å². The van der Waals surface area contributed by atoms with Crippen molar-refractivity contribution in [2.75, 3.05) is 20.2 Å². The minimum atomic E-state index is -2.89. The highest BCUT2D eigenvalue weighted by Crippen LogP contribution is 2.33. The standard InChI is InChI=1S/C24H45F2N7O8/c1-9(34)20(29)33-13-6-12(28)16(40-22-11(27)5-4-10(39-22)7-32-21(30)19(25)26)14(35)17(13)41-23-15(36)18(31-3)24(2,37)8-38-23/h9-19,22-23,31,34-37H,4-8,27-28H2,1-3H3,(H2,29,33)(H2,30,32). The third-order valence-corrected chi connectivity index (χ3v) is 7.65. The average molecular weight is 598 g/mol. The number of hydrogen-bond acceptors (Lipinski definition) is 13.